The molecule has 0 saturated heterocycles. The highest BCUT2D eigenvalue weighted by Crippen LogP contribution is 2.07. The van der Waals surface area contributed by atoms with Crippen LogP contribution in [-0.2, 0) is 0 Å². The second kappa shape index (κ2) is 5.95. The standard InChI is InChI=1S/C10H21N3/c1-4-7-13(3)8-5-6-10(2,12)9-11/h4-8,12H2,1-3H3. The third-order valence-corrected chi connectivity index (χ3v) is 2.10. The third-order valence-electron chi connectivity index (χ3n) is 2.10. The number of hydrogen-bond donors (Lipinski definition) is 1. The number of nitriles is 1. The van der Waals surface area contributed by atoms with Gasteiger partial charge in [-0.25, -0.2) is 0 Å². The molecule has 3 nitrogen and oxygen atoms in total. The molecule has 1 atom stereocenters. The highest BCUT2D eigenvalue weighted by molar-refractivity contribution is 5.00. The molecule has 0 saturated carbocycles. The van der Waals surface area contributed by atoms with Crippen molar-refractivity contribution in [1.29, 1.82) is 5.26 Å². The van der Waals surface area contributed by atoms with Crippen LogP contribution in [0.4, 0.5) is 0 Å². The molecule has 1 unspecified atom stereocenters. The number of rotatable bonds is 6. The summed E-state index contributed by atoms with van der Waals surface area (Å²) in [5.41, 5.74) is 5.05. The molecule has 0 spiro atoms. The van der Waals surface area contributed by atoms with Crippen molar-refractivity contribution in [2.45, 2.75) is 38.6 Å². The minimum absolute atomic E-state index is 0.646. The zero-order valence-electron chi connectivity index (χ0n) is 9.01. The lowest BCUT2D eigenvalue weighted by Gasteiger charge is -2.19. The second-order valence-electron chi connectivity index (χ2n) is 3.94. The van der Waals surface area contributed by atoms with E-state index in [0.717, 1.165) is 25.9 Å². The van der Waals surface area contributed by atoms with Crippen LogP contribution in [0.2, 0.25) is 0 Å². The van der Waals surface area contributed by atoms with E-state index in [9.17, 15) is 0 Å². The van der Waals surface area contributed by atoms with Gasteiger partial charge in [0.05, 0.1) is 6.07 Å². The summed E-state index contributed by atoms with van der Waals surface area (Å²) in [5, 5.41) is 8.67. The Labute approximate surface area is 81.5 Å². The Kier molecular flexibility index (Phi) is 5.68. The van der Waals surface area contributed by atoms with Crippen molar-refractivity contribution in [2.75, 3.05) is 20.1 Å². The predicted molar refractivity (Wildman–Crippen MR) is 55.2 cm³/mol. The summed E-state index contributed by atoms with van der Waals surface area (Å²) < 4.78 is 0. The van der Waals surface area contributed by atoms with Gasteiger partial charge in [0.2, 0.25) is 0 Å². The average molecular weight is 183 g/mol. The Morgan fingerprint density at radius 2 is 2.08 bits per heavy atom. The largest absolute Gasteiger partial charge is 0.314 e. The maximum absolute atomic E-state index is 8.67. The summed E-state index contributed by atoms with van der Waals surface area (Å²) in [4.78, 5) is 2.27. The average Bonchev–Trinajstić information content (AvgIpc) is 2.05. The molecule has 2 N–H and O–H groups in total. The molecule has 76 valence electrons. The maximum Gasteiger partial charge on any atom is 0.101 e. The highest BCUT2D eigenvalue weighted by Gasteiger charge is 2.16. The van der Waals surface area contributed by atoms with Gasteiger partial charge in [0.25, 0.3) is 0 Å². The Morgan fingerprint density at radius 1 is 1.46 bits per heavy atom. The van der Waals surface area contributed by atoms with Gasteiger partial charge < -0.3 is 10.6 Å². The first kappa shape index (κ1) is 12.4. The molecule has 0 aromatic rings. The van der Waals surface area contributed by atoms with Crippen molar-refractivity contribution in [3.8, 4) is 6.07 Å². The molecule has 0 rings (SSSR count). The number of nitrogens with zero attached hydrogens (tertiary/aromatic N) is 2. The van der Waals surface area contributed by atoms with E-state index in [1.165, 1.54) is 6.42 Å². The van der Waals surface area contributed by atoms with Gasteiger partial charge in [-0.15, -0.1) is 0 Å². The summed E-state index contributed by atoms with van der Waals surface area (Å²) in [6, 6.07) is 2.11. The summed E-state index contributed by atoms with van der Waals surface area (Å²) >= 11 is 0. The molecule has 13 heavy (non-hydrogen) atoms. The SMILES string of the molecule is CCCN(C)CCCC(C)(N)C#N. The van der Waals surface area contributed by atoms with Crippen molar-refractivity contribution in [3.63, 3.8) is 0 Å². The molecule has 0 heterocycles. The maximum atomic E-state index is 8.67. The minimum atomic E-state index is -0.646. The van der Waals surface area contributed by atoms with Crippen molar-refractivity contribution >= 4 is 0 Å². The monoisotopic (exact) mass is 183 g/mol. The molecule has 0 aromatic heterocycles. The van der Waals surface area contributed by atoms with Crippen molar-refractivity contribution in [1.82, 2.24) is 4.90 Å². The van der Waals surface area contributed by atoms with Gasteiger partial charge in [-0.1, -0.05) is 6.92 Å². The van der Waals surface area contributed by atoms with Crippen LogP contribution < -0.4 is 5.73 Å². The fourth-order valence-electron chi connectivity index (χ4n) is 1.27. The van der Waals surface area contributed by atoms with Crippen molar-refractivity contribution < 1.29 is 0 Å². The first-order valence-corrected chi connectivity index (χ1v) is 4.90. The van der Waals surface area contributed by atoms with Gasteiger partial charge in [0, 0.05) is 0 Å². The molecular formula is C10H21N3. The molecule has 0 aliphatic rings. The van der Waals surface area contributed by atoms with E-state index in [1.807, 2.05) is 0 Å². The zero-order chi connectivity index (χ0) is 10.3. The quantitative estimate of drug-likeness (QED) is 0.676. The molecule has 3 heteroatoms. The van der Waals surface area contributed by atoms with Gasteiger partial charge in [-0.2, -0.15) is 5.26 Å². The lowest BCUT2D eigenvalue weighted by molar-refractivity contribution is 0.316. The molecule has 0 fully saturated rings. The van der Waals surface area contributed by atoms with E-state index < -0.39 is 5.54 Å². The van der Waals surface area contributed by atoms with Gasteiger partial charge in [0.15, 0.2) is 0 Å². The summed E-state index contributed by atoms with van der Waals surface area (Å²) in [6.07, 6.45) is 2.95. The normalized spacial score (nSPS) is 15.4. The molecule has 0 aliphatic heterocycles. The highest BCUT2D eigenvalue weighted by atomic mass is 15.1. The topological polar surface area (TPSA) is 53.0 Å². The van der Waals surface area contributed by atoms with Crippen LogP contribution >= 0.6 is 0 Å². The van der Waals surface area contributed by atoms with Gasteiger partial charge in [0.1, 0.15) is 5.54 Å². The fourth-order valence-corrected chi connectivity index (χ4v) is 1.27. The Morgan fingerprint density at radius 3 is 2.54 bits per heavy atom. The van der Waals surface area contributed by atoms with Crippen LogP contribution in [0.1, 0.15) is 33.1 Å². The third kappa shape index (κ3) is 6.56. The van der Waals surface area contributed by atoms with Crippen LogP contribution in [0.15, 0.2) is 0 Å². The van der Waals surface area contributed by atoms with E-state index in [2.05, 4.69) is 24.9 Å². The van der Waals surface area contributed by atoms with E-state index in [4.69, 9.17) is 11.0 Å². The molecule has 0 aromatic carbocycles. The van der Waals surface area contributed by atoms with Gasteiger partial charge >= 0.3 is 0 Å². The molecular weight excluding hydrogens is 162 g/mol. The molecule has 0 radical (unpaired) electrons. The second-order valence-corrected chi connectivity index (χ2v) is 3.94. The number of hydrogen-bond acceptors (Lipinski definition) is 3. The van der Waals surface area contributed by atoms with Crippen molar-refractivity contribution in [3.05, 3.63) is 0 Å². The van der Waals surface area contributed by atoms with E-state index in [1.54, 1.807) is 6.92 Å². The van der Waals surface area contributed by atoms with Crippen LogP contribution in [0.5, 0.6) is 0 Å². The smallest absolute Gasteiger partial charge is 0.101 e. The first-order chi connectivity index (χ1) is 6.02. The Bertz CT molecular complexity index is 169. The van der Waals surface area contributed by atoms with E-state index in [0.29, 0.717) is 0 Å². The Hall–Kier alpha value is -0.590. The van der Waals surface area contributed by atoms with E-state index >= 15 is 0 Å². The summed E-state index contributed by atoms with van der Waals surface area (Å²) in [6.45, 7) is 6.10. The van der Waals surface area contributed by atoms with Crippen LogP contribution in [0, 0.1) is 11.3 Å². The summed E-state index contributed by atoms with van der Waals surface area (Å²) in [5.74, 6) is 0. The lowest BCUT2D eigenvalue weighted by Crippen LogP contribution is -2.35. The lowest BCUT2D eigenvalue weighted by atomic mass is 9.99. The minimum Gasteiger partial charge on any atom is -0.314 e. The fraction of sp³-hybridized carbons (Fsp3) is 0.900. The van der Waals surface area contributed by atoms with Gasteiger partial charge in [-0.05, 0) is 46.3 Å². The molecule has 0 aliphatic carbocycles. The summed E-state index contributed by atoms with van der Waals surface area (Å²) in [7, 11) is 2.10. The van der Waals surface area contributed by atoms with E-state index in [-0.39, 0.29) is 0 Å². The zero-order valence-corrected chi connectivity index (χ0v) is 9.01. The predicted octanol–water partition coefficient (Wildman–Crippen LogP) is 1.35. The number of nitrogens with two attached hydrogens (primary N) is 1. The first-order valence-electron chi connectivity index (χ1n) is 4.90. The molecule has 0 bridgehead atoms. The molecule has 0 amide bonds. The van der Waals surface area contributed by atoms with Crippen LogP contribution in [-0.4, -0.2) is 30.6 Å². The van der Waals surface area contributed by atoms with Gasteiger partial charge in [-0.3, -0.25) is 0 Å². The van der Waals surface area contributed by atoms with Crippen LogP contribution in [0.3, 0.4) is 0 Å². The van der Waals surface area contributed by atoms with Crippen LogP contribution in [0.25, 0.3) is 0 Å². The van der Waals surface area contributed by atoms with Crippen molar-refractivity contribution in [2.24, 2.45) is 5.73 Å². The Balaban J connectivity index is 3.51.